The van der Waals surface area contributed by atoms with Crippen LogP contribution in [-0.4, -0.2) is 28.6 Å². The predicted molar refractivity (Wildman–Crippen MR) is 61.8 cm³/mol. The van der Waals surface area contributed by atoms with Gasteiger partial charge in [0.2, 0.25) is 5.91 Å². The van der Waals surface area contributed by atoms with Crippen LogP contribution in [0.4, 0.5) is 0 Å². The van der Waals surface area contributed by atoms with E-state index in [1.807, 2.05) is 25.1 Å². The first-order valence-electron chi connectivity index (χ1n) is 5.66. The van der Waals surface area contributed by atoms with E-state index in [-0.39, 0.29) is 18.6 Å². The van der Waals surface area contributed by atoms with Crippen LogP contribution >= 0.6 is 0 Å². The third kappa shape index (κ3) is 2.25. The second-order valence-electron chi connectivity index (χ2n) is 4.39. The normalized spacial score (nSPS) is 20.5. The lowest BCUT2D eigenvalue weighted by Crippen LogP contribution is -2.34. The van der Waals surface area contributed by atoms with Gasteiger partial charge in [0.05, 0.1) is 12.6 Å². The maximum atomic E-state index is 11.6. The van der Waals surface area contributed by atoms with Crippen molar-refractivity contribution in [2.75, 3.05) is 6.61 Å². The summed E-state index contributed by atoms with van der Waals surface area (Å²) in [5, 5.41) is 9.19. The highest BCUT2D eigenvalue weighted by Crippen LogP contribution is 2.21. The number of hydrogen-bond acceptors (Lipinski definition) is 2. The lowest BCUT2D eigenvalue weighted by atomic mass is 10.1. The number of rotatable bonds is 3. The second-order valence-corrected chi connectivity index (χ2v) is 4.39. The van der Waals surface area contributed by atoms with Crippen LogP contribution in [0.25, 0.3) is 0 Å². The number of amides is 1. The Bertz CT molecular complexity index is 389. The molecule has 16 heavy (non-hydrogen) atoms. The van der Waals surface area contributed by atoms with Crippen LogP contribution in [0.3, 0.4) is 0 Å². The number of aryl methyl sites for hydroxylation is 1. The highest BCUT2D eigenvalue weighted by Gasteiger charge is 2.29. The van der Waals surface area contributed by atoms with Crippen LogP contribution in [-0.2, 0) is 11.3 Å². The second kappa shape index (κ2) is 4.66. The fraction of sp³-hybridized carbons (Fsp3) is 0.462. The molecule has 1 fully saturated rings. The molecule has 2 rings (SSSR count). The summed E-state index contributed by atoms with van der Waals surface area (Å²) in [6.45, 7) is 2.72. The van der Waals surface area contributed by atoms with E-state index < -0.39 is 0 Å². The van der Waals surface area contributed by atoms with Gasteiger partial charge in [0.15, 0.2) is 0 Å². The first-order chi connectivity index (χ1) is 7.70. The Hall–Kier alpha value is -1.35. The summed E-state index contributed by atoms with van der Waals surface area (Å²) in [5.41, 5.74) is 2.33. The van der Waals surface area contributed by atoms with Gasteiger partial charge in [0.1, 0.15) is 0 Å². The number of likely N-dealkylation sites (tertiary alicyclic amines) is 1. The molecule has 3 nitrogen and oxygen atoms in total. The molecular formula is C13H17NO2. The van der Waals surface area contributed by atoms with Crippen molar-refractivity contribution >= 4 is 5.91 Å². The van der Waals surface area contributed by atoms with Crippen molar-refractivity contribution in [3.63, 3.8) is 0 Å². The summed E-state index contributed by atoms with van der Waals surface area (Å²) in [6, 6.07) is 8.15. The molecular weight excluding hydrogens is 202 g/mol. The molecule has 0 bridgehead atoms. The summed E-state index contributed by atoms with van der Waals surface area (Å²) in [5.74, 6) is 0.153. The van der Waals surface area contributed by atoms with E-state index in [2.05, 4.69) is 6.07 Å². The average Bonchev–Trinajstić information content (AvgIpc) is 2.60. The molecule has 0 radical (unpaired) electrons. The fourth-order valence-electron chi connectivity index (χ4n) is 2.21. The van der Waals surface area contributed by atoms with E-state index in [4.69, 9.17) is 0 Å². The highest BCUT2D eigenvalue weighted by molar-refractivity contribution is 5.78. The van der Waals surface area contributed by atoms with Crippen molar-refractivity contribution in [1.82, 2.24) is 4.90 Å². The monoisotopic (exact) mass is 219 g/mol. The Morgan fingerprint density at radius 3 is 3.00 bits per heavy atom. The number of carbonyl (C=O) groups excluding carboxylic acids is 1. The SMILES string of the molecule is Cc1cccc(CN2C(=O)CCC2CO)c1. The van der Waals surface area contributed by atoms with Gasteiger partial charge in [0.25, 0.3) is 0 Å². The van der Waals surface area contributed by atoms with Crippen molar-refractivity contribution < 1.29 is 9.90 Å². The van der Waals surface area contributed by atoms with E-state index in [0.29, 0.717) is 13.0 Å². The van der Waals surface area contributed by atoms with E-state index in [1.54, 1.807) is 4.90 Å². The zero-order valence-corrected chi connectivity index (χ0v) is 9.52. The molecule has 1 amide bonds. The van der Waals surface area contributed by atoms with Gasteiger partial charge in [-0.25, -0.2) is 0 Å². The van der Waals surface area contributed by atoms with Gasteiger partial charge in [-0.15, -0.1) is 0 Å². The molecule has 1 aromatic rings. The van der Waals surface area contributed by atoms with Gasteiger partial charge in [-0.3, -0.25) is 4.79 Å². The summed E-state index contributed by atoms with van der Waals surface area (Å²) >= 11 is 0. The third-order valence-corrected chi connectivity index (χ3v) is 3.10. The molecule has 1 aliphatic heterocycles. The molecule has 86 valence electrons. The zero-order chi connectivity index (χ0) is 11.5. The Morgan fingerprint density at radius 1 is 1.50 bits per heavy atom. The first-order valence-corrected chi connectivity index (χ1v) is 5.66. The standard InChI is InChI=1S/C13H17NO2/c1-10-3-2-4-11(7-10)8-14-12(9-15)5-6-13(14)16/h2-4,7,12,15H,5-6,8-9H2,1H3. The zero-order valence-electron chi connectivity index (χ0n) is 9.52. The smallest absolute Gasteiger partial charge is 0.223 e. The molecule has 0 spiro atoms. The van der Waals surface area contributed by atoms with Crippen molar-refractivity contribution in [3.8, 4) is 0 Å². The molecule has 1 atom stereocenters. The van der Waals surface area contributed by atoms with Gasteiger partial charge in [0, 0.05) is 13.0 Å². The molecule has 1 aromatic carbocycles. The average molecular weight is 219 g/mol. The molecule has 1 N–H and O–H groups in total. The van der Waals surface area contributed by atoms with Crippen molar-refractivity contribution in [1.29, 1.82) is 0 Å². The van der Waals surface area contributed by atoms with E-state index >= 15 is 0 Å². The molecule has 1 saturated heterocycles. The number of carbonyl (C=O) groups is 1. The van der Waals surface area contributed by atoms with E-state index in [1.165, 1.54) is 5.56 Å². The predicted octanol–water partition coefficient (Wildman–Crippen LogP) is 1.48. The number of nitrogens with zero attached hydrogens (tertiary/aromatic N) is 1. The molecule has 0 aliphatic carbocycles. The Kier molecular flexibility index (Phi) is 3.25. The van der Waals surface area contributed by atoms with Gasteiger partial charge in [-0.1, -0.05) is 29.8 Å². The van der Waals surface area contributed by atoms with Crippen LogP contribution in [0.15, 0.2) is 24.3 Å². The van der Waals surface area contributed by atoms with Gasteiger partial charge >= 0.3 is 0 Å². The van der Waals surface area contributed by atoms with Crippen molar-refractivity contribution in [3.05, 3.63) is 35.4 Å². The van der Waals surface area contributed by atoms with E-state index in [0.717, 1.165) is 12.0 Å². The molecule has 1 unspecified atom stereocenters. The summed E-state index contributed by atoms with van der Waals surface area (Å²) in [7, 11) is 0. The first kappa shape index (κ1) is 11.1. The van der Waals surface area contributed by atoms with Crippen LogP contribution in [0.5, 0.6) is 0 Å². The Labute approximate surface area is 95.7 Å². The largest absolute Gasteiger partial charge is 0.394 e. The third-order valence-electron chi connectivity index (χ3n) is 3.10. The summed E-state index contributed by atoms with van der Waals surface area (Å²) < 4.78 is 0. The van der Waals surface area contributed by atoms with Gasteiger partial charge < -0.3 is 10.0 Å². The summed E-state index contributed by atoms with van der Waals surface area (Å²) in [4.78, 5) is 13.4. The van der Waals surface area contributed by atoms with Crippen LogP contribution in [0.2, 0.25) is 0 Å². The highest BCUT2D eigenvalue weighted by atomic mass is 16.3. The maximum absolute atomic E-state index is 11.6. The summed E-state index contributed by atoms with van der Waals surface area (Å²) in [6.07, 6.45) is 1.35. The van der Waals surface area contributed by atoms with E-state index in [9.17, 15) is 9.90 Å². The minimum atomic E-state index is 0.00742. The fourth-order valence-corrected chi connectivity index (χ4v) is 2.21. The maximum Gasteiger partial charge on any atom is 0.223 e. The van der Waals surface area contributed by atoms with Gasteiger partial charge in [-0.2, -0.15) is 0 Å². The van der Waals surface area contributed by atoms with Gasteiger partial charge in [-0.05, 0) is 18.9 Å². The molecule has 0 saturated carbocycles. The molecule has 0 aromatic heterocycles. The quantitative estimate of drug-likeness (QED) is 0.836. The number of aliphatic hydroxyl groups excluding tert-OH is 1. The molecule has 1 aliphatic rings. The minimum absolute atomic E-state index is 0.00742. The lowest BCUT2D eigenvalue weighted by molar-refractivity contribution is -0.130. The van der Waals surface area contributed by atoms with Crippen molar-refractivity contribution in [2.24, 2.45) is 0 Å². The van der Waals surface area contributed by atoms with Crippen LogP contribution in [0.1, 0.15) is 24.0 Å². The number of benzene rings is 1. The topological polar surface area (TPSA) is 40.5 Å². The number of hydrogen-bond donors (Lipinski definition) is 1. The minimum Gasteiger partial charge on any atom is -0.394 e. The molecule has 3 heteroatoms. The van der Waals surface area contributed by atoms with Crippen LogP contribution in [0, 0.1) is 6.92 Å². The van der Waals surface area contributed by atoms with Crippen molar-refractivity contribution in [2.45, 2.75) is 32.4 Å². The number of aliphatic hydroxyl groups is 1. The Balaban J connectivity index is 2.11. The Morgan fingerprint density at radius 2 is 2.31 bits per heavy atom. The lowest BCUT2D eigenvalue weighted by Gasteiger charge is -2.23. The molecule has 1 heterocycles. The van der Waals surface area contributed by atoms with Crippen LogP contribution < -0.4 is 0 Å².